The van der Waals surface area contributed by atoms with Gasteiger partial charge in [0.1, 0.15) is 0 Å². The minimum absolute atomic E-state index is 0.201. The lowest BCUT2D eigenvalue weighted by Gasteiger charge is -2.09. The Morgan fingerprint density at radius 1 is 1.21 bits per heavy atom. The van der Waals surface area contributed by atoms with Crippen LogP contribution in [-0.4, -0.2) is 24.5 Å². The van der Waals surface area contributed by atoms with Crippen LogP contribution in [0.5, 0.6) is 0 Å². The third-order valence-corrected chi connectivity index (χ3v) is 3.34. The molecule has 0 atom stereocenters. The van der Waals surface area contributed by atoms with E-state index >= 15 is 0 Å². The van der Waals surface area contributed by atoms with Crippen molar-refractivity contribution < 1.29 is 22.7 Å². The number of nitrogens with zero attached hydrogens (tertiary/aromatic N) is 1. The largest absolute Gasteiger partial charge is 0.416 e. The smallest absolute Gasteiger partial charge is 0.380 e. The van der Waals surface area contributed by atoms with Crippen LogP contribution in [0.3, 0.4) is 0 Å². The van der Waals surface area contributed by atoms with Crippen LogP contribution in [-0.2, 0) is 23.9 Å². The summed E-state index contributed by atoms with van der Waals surface area (Å²) >= 11 is 0. The van der Waals surface area contributed by atoms with E-state index in [0.29, 0.717) is 12.2 Å². The summed E-state index contributed by atoms with van der Waals surface area (Å²) < 4.78 is 42.9. The number of halogens is 3. The number of benzene rings is 1. The van der Waals surface area contributed by atoms with E-state index in [1.54, 1.807) is 31.4 Å². The van der Waals surface area contributed by atoms with Crippen LogP contribution < -0.4 is 5.32 Å². The number of hydrogen-bond donors (Lipinski definition) is 1. The number of aromatic nitrogens is 1. The monoisotopic (exact) mass is 338 g/mol. The van der Waals surface area contributed by atoms with Gasteiger partial charge in [-0.25, -0.2) is 0 Å². The molecule has 0 bridgehead atoms. The summed E-state index contributed by atoms with van der Waals surface area (Å²) in [4.78, 5) is 15.9. The van der Waals surface area contributed by atoms with Gasteiger partial charge >= 0.3 is 6.18 Å². The molecule has 128 valence electrons. The zero-order valence-corrected chi connectivity index (χ0v) is 13.1. The molecule has 24 heavy (non-hydrogen) atoms. The molecule has 0 aliphatic carbocycles. The lowest BCUT2D eigenvalue weighted by Crippen LogP contribution is -2.26. The molecule has 0 saturated heterocycles. The normalized spacial score (nSPS) is 11.3. The Balaban J connectivity index is 1.88. The fraction of sp³-hybridized carbons (Fsp3) is 0.294. The highest BCUT2D eigenvalue weighted by Gasteiger charge is 2.30. The molecule has 1 heterocycles. The third-order valence-electron chi connectivity index (χ3n) is 3.34. The minimum atomic E-state index is -4.40. The molecule has 1 aromatic carbocycles. The van der Waals surface area contributed by atoms with Gasteiger partial charge in [0.25, 0.3) is 5.91 Å². The number of alkyl halides is 3. The summed E-state index contributed by atoms with van der Waals surface area (Å²) in [6, 6.07) is 8.83. The number of nitrogens with one attached hydrogen (secondary N) is 1. The fourth-order valence-electron chi connectivity index (χ4n) is 2.12. The first kappa shape index (κ1) is 17.9. The van der Waals surface area contributed by atoms with Crippen LogP contribution in [0.4, 0.5) is 13.2 Å². The van der Waals surface area contributed by atoms with Crippen LogP contribution in [0.25, 0.3) is 0 Å². The zero-order valence-electron chi connectivity index (χ0n) is 13.1. The zero-order chi connectivity index (χ0) is 17.6. The minimum Gasteiger partial charge on any atom is -0.380 e. The van der Waals surface area contributed by atoms with Crippen molar-refractivity contribution in [2.45, 2.75) is 19.2 Å². The van der Waals surface area contributed by atoms with Gasteiger partial charge in [0, 0.05) is 37.5 Å². The Morgan fingerprint density at radius 3 is 2.54 bits per heavy atom. The standard InChI is InChI=1S/C17H17F3N2O2/c1-24-11-12-2-4-13(5-3-12)16(23)22-9-7-15-10-14(6-8-21-15)17(18,19)20/h2-6,8,10H,7,9,11H2,1H3,(H,22,23). The molecular weight excluding hydrogens is 321 g/mol. The second kappa shape index (κ2) is 7.92. The second-order valence-corrected chi connectivity index (χ2v) is 5.17. The van der Waals surface area contributed by atoms with Crippen molar-refractivity contribution in [1.29, 1.82) is 0 Å². The van der Waals surface area contributed by atoms with Crippen molar-refractivity contribution in [3.8, 4) is 0 Å². The fourth-order valence-corrected chi connectivity index (χ4v) is 2.12. The topological polar surface area (TPSA) is 51.2 Å². The van der Waals surface area contributed by atoms with Crippen molar-refractivity contribution in [3.05, 3.63) is 65.0 Å². The predicted octanol–water partition coefficient (Wildman–Crippen LogP) is 3.22. The van der Waals surface area contributed by atoms with E-state index < -0.39 is 11.7 Å². The molecule has 2 rings (SSSR count). The summed E-state index contributed by atoms with van der Waals surface area (Å²) in [5, 5.41) is 2.67. The number of carbonyl (C=O) groups is 1. The van der Waals surface area contributed by atoms with Crippen molar-refractivity contribution in [3.63, 3.8) is 0 Å². The van der Waals surface area contributed by atoms with Gasteiger partial charge in [0.05, 0.1) is 12.2 Å². The highest BCUT2D eigenvalue weighted by Crippen LogP contribution is 2.28. The Morgan fingerprint density at radius 2 is 1.92 bits per heavy atom. The summed E-state index contributed by atoms with van der Waals surface area (Å²) in [7, 11) is 1.59. The summed E-state index contributed by atoms with van der Waals surface area (Å²) in [6.45, 7) is 0.663. The first-order chi connectivity index (χ1) is 11.4. The van der Waals surface area contributed by atoms with E-state index in [-0.39, 0.29) is 24.6 Å². The predicted molar refractivity (Wildman–Crippen MR) is 82.4 cm³/mol. The molecule has 0 fully saturated rings. The lowest BCUT2D eigenvalue weighted by atomic mass is 10.1. The number of pyridine rings is 1. The van der Waals surface area contributed by atoms with E-state index in [0.717, 1.165) is 23.9 Å². The van der Waals surface area contributed by atoms with Gasteiger partial charge < -0.3 is 10.1 Å². The Kier molecular flexibility index (Phi) is 5.92. The summed E-state index contributed by atoms with van der Waals surface area (Å²) in [5.41, 5.74) is 0.960. The average molecular weight is 338 g/mol. The van der Waals surface area contributed by atoms with E-state index in [1.807, 2.05) is 0 Å². The molecular formula is C17H17F3N2O2. The molecule has 0 saturated carbocycles. The molecule has 1 N–H and O–H groups in total. The summed E-state index contributed by atoms with van der Waals surface area (Å²) in [6.07, 6.45) is -3.06. The number of carbonyl (C=O) groups excluding carboxylic acids is 1. The number of methoxy groups -OCH3 is 1. The van der Waals surface area contributed by atoms with Crippen LogP contribution in [0.1, 0.15) is 27.2 Å². The van der Waals surface area contributed by atoms with Gasteiger partial charge in [-0.15, -0.1) is 0 Å². The average Bonchev–Trinajstić information content (AvgIpc) is 2.55. The Hall–Kier alpha value is -2.41. The highest BCUT2D eigenvalue weighted by atomic mass is 19.4. The quantitative estimate of drug-likeness (QED) is 0.880. The van der Waals surface area contributed by atoms with Crippen molar-refractivity contribution in [2.75, 3.05) is 13.7 Å². The van der Waals surface area contributed by atoms with Crippen LogP contribution in [0.15, 0.2) is 42.6 Å². The molecule has 0 aliphatic heterocycles. The number of amides is 1. The van der Waals surface area contributed by atoms with E-state index in [4.69, 9.17) is 4.74 Å². The molecule has 0 spiro atoms. The summed E-state index contributed by atoms with van der Waals surface area (Å²) in [5.74, 6) is -0.286. The van der Waals surface area contributed by atoms with Gasteiger partial charge in [-0.1, -0.05) is 12.1 Å². The molecule has 0 aliphatic rings. The van der Waals surface area contributed by atoms with Gasteiger partial charge in [-0.2, -0.15) is 13.2 Å². The third kappa shape index (κ3) is 5.06. The molecule has 4 nitrogen and oxygen atoms in total. The van der Waals surface area contributed by atoms with E-state index in [9.17, 15) is 18.0 Å². The molecule has 1 amide bonds. The molecule has 2 aromatic rings. The first-order valence-electron chi connectivity index (χ1n) is 7.28. The Bertz CT molecular complexity index is 685. The first-order valence-corrected chi connectivity index (χ1v) is 7.28. The van der Waals surface area contributed by atoms with Gasteiger partial charge in [-0.05, 0) is 29.8 Å². The van der Waals surface area contributed by atoms with E-state index in [1.165, 1.54) is 0 Å². The van der Waals surface area contributed by atoms with Crippen LogP contribution in [0.2, 0.25) is 0 Å². The van der Waals surface area contributed by atoms with Crippen molar-refractivity contribution >= 4 is 5.91 Å². The van der Waals surface area contributed by atoms with Crippen LogP contribution >= 0.6 is 0 Å². The molecule has 0 radical (unpaired) electrons. The number of ether oxygens (including phenoxy) is 1. The Labute approximate surface area is 137 Å². The van der Waals surface area contributed by atoms with Gasteiger partial charge in [-0.3, -0.25) is 9.78 Å². The molecule has 7 heteroatoms. The number of hydrogen-bond acceptors (Lipinski definition) is 3. The van der Waals surface area contributed by atoms with E-state index in [2.05, 4.69) is 10.3 Å². The molecule has 1 aromatic heterocycles. The maximum atomic E-state index is 12.6. The second-order valence-electron chi connectivity index (χ2n) is 5.17. The highest BCUT2D eigenvalue weighted by molar-refractivity contribution is 5.94. The lowest BCUT2D eigenvalue weighted by molar-refractivity contribution is -0.137. The van der Waals surface area contributed by atoms with Gasteiger partial charge in [0.15, 0.2) is 0 Å². The number of rotatable bonds is 6. The maximum absolute atomic E-state index is 12.6. The SMILES string of the molecule is COCc1ccc(C(=O)NCCc2cc(C(F)(F)F)ccn2)cc1. The maximum Gasteiger partial charge on any atom is 0.416 e. The van der Waals surface area contributed by atoms with Crippen molar-refractivity contribution in [2.24, 2.45) is 0 Å². The van der Waals surface area contributed by atoms with Gasteiger partial charge in [0.2, 0.25) is 0 Å². The van der Waals surface area contributed by atoms with Crippen molar-refractivity contribution in [1.82, 2.24) is 10.3 Å². The molecule has 0 unspecified atom stereocenters. The van der Waals surface area contributed by atoms with Crippen LogP contribution in [0, 0.1) is 0 Å².